The molecule has 0 saturated heterocycles. The second-order valence-corrected chi connectivity index (χ2v) is 3.95. The Balaban J connectivity index is 2.55. The molecular formula is C10H12N4S. The van der Waals surface area contributed by atoms with Gasteiger partial charge in [-0.2, -0.15) is 0 Å². The molecule has 0 amide bonds. The Bertz CT molecular complexity index is 465. The summed E-state index contributed by atoms with van der Waals surface area (Å²) in [4.78, 5) is 12.9. The molecule has 0 bridgehead atoms. The number of aryl methyl sites for hydroxylation is 1. The first kappa shape index (κ1) is 10.0. The van der Waals surface area contributed by atoms with E-state index in [-0.39, 0.29) is 0 Å². The molecule has 15 heavy (non-hydrogen) atoms. The van der Waals surface area contributed by atoms with Crippen molar-refractivity contribution in [2.45, 2.75) is 20.3 Å². The SMILES string of the molecule is CCc1nc(-c2cscn2)nc(N)c1C. The zero-order valence-electron chi connectivity index (χ0n) is 8.69. The van der Waals surface area contributed by atoms with Crippen molar-refractivity contribution >= 4 is 17.2 Å². The average Bonchev–Trinajstić information content (AvgIpc) is 2.75. The Morgan fingerprint density at radius 1 is 1.40 bits per heavy atom. The highest BCUT2D eigenvalue weighted by Crippen LogP contribution is 2.20. The molecule has 2 N–H and O–H groups in total. The number of thiazole rings is 1. The Morgan fingerprint density at radius 3 is 2.80 bits per heavy atom. The standard InChI is InChI=1S/C10H12N4S/c1-3-7-6(2)9(11)14-10(13-7)8-4-15-5-12-8/h4-5H,3H2,1-2H3,(H2,11,13,14). The third-order valence-electron chi connectivity index (χ3n) is 2.28. The lowest BCUT2D eigenvalue weighted by molar-refractivity contribution is 0.978. The minimum absolute atomic E-state index is 0.546. The van der Waals surface area contributed by atoms with Crippen molar-refractivity contribution in [3.05, 3.63) is 22.1 Å². The molecular weight excluding hydrogens is 208 g/mol. The molecule has 0 spiro atoms. The fourth-order valence-electron chi connectivity index (χ4n) is 1.36. The normalized spacial score (nSPS) is 10.5. The molecule has 78 valence electrons. The van der Waals surface area contributed by atoms with Gasteiger partial charge < -0.3 is 5.73 Å². The van der Waals surface area contributed by atoms with E-state index < -0.39 is 0 Å². The van der Waals surface area contributed by atoms with Crippen LogP contribution in [0, 0.1) is 6.92 Å². The summed E-state index contributed by atoms with van der Waals surface area (Å²) >= 11 is 1.53. The molecule has 0 atom stereocenters. The van der Waals surface area contributed by atoms with Crippen LogP contribution in [0.25, 0.3) is 11.5 Å². The van der Waals surface area contributed by atoms with Crippen molar-refractivity contribution in [2.75, 3.05) is 5.73 Å². The molecule has 2 heterocycles. The fourth-order valence-corrected chi connectivity index (χ4v) is 1.89. The summed E-state index contributed by atoms with van der Waals surface area (Å²) in [6.45, 7) is 4.00. The molecule has 0 radical (unpaired) electrons. The van der Waals surface area contributed by atoms with Gasteiger partial charge >= 0.3 is 0 Å². The molecule has 0 aliphatic carbocycles. The Hall–Kier alpha value is -1.49. The minimum Gasteiger partial charge on any atom is -0.383 e. The molecule has 0 aromatic carbocycles. The van der Waals surface area contributed by atoms with Crippen molar-refractivity contribution in [3.63, 3.8) is 0 Å². The smallest absolute Gasteiger partial charge is 0.181 e. The third-order valence-corrected chi connectivity index (χ3v) is 2.87. The highest BCUT2D eigenvalue weighted by Gasteiger charge is 2.09. The van der Waals surface area contributed by atoms with Gasteiger partial charge in [-0.3, -0.25) is 0 Å². The van der Waals surface area contributed by atoms with Crippen LogP contribution in [0.2, 0.25) is 0 Å². The number of rotatable bonds is 2. The Labute approximate surface area is 92.2 Å². The maximum atomic E-state index is 5.83. The number of nitrogen functional groups attached to an aromatic ring is 1. The lowest BCUT2D eigenvalue weighted by Crippen LogP contribution is -2.04. The molecule has 0 aliphatic heterocycles. The summed E-state index contributed by atoms with van der Waals surface area (Å²) in [6.07, 6.45) is 0.857. The van der Waals surface area contributed by atoms with Crippen LogP contribution in [-0.4, -0.2) is 15.0 Å². The lowest BCUT2D eigenvalue weighted by Gasteiger charge is -2.06. The molecule has 0 aliphatic rings. The van der Waals surface area contributed by atoms with E-state index in [0.29, 0.717) is 11.6 Å². The number of aromatic nitrogens is 3. The first-order chi connectivity index (χ1) is 7.22. The van der Waals surface area contributed by atoms with Crippen LogP contribution in [0.4, 0.5) is 5.82 Å². The van der Waals surface area contributed by atoms with Gasteiger partial charge in [0.25, 0.3) is 0 Å². The molecule has 2 rings (SSSR count). The zero-order valence-corrected chi connectivity index (χ0v) is 9.51. The highest BCUT2D eigenvalue weighted by molar-refractivity contribution is 7.07. The molecule has 2 aromatic rings. The van der Waals surface area contributed by atoms with E-state index in [0.717, 1.165) is 23.4 Å². The Morgan fingerprint density at radius 2 is 2.20 bits per heavy atom. The number of nitrogens with two attached hydrogens (primary N) is 1. The van der Waals surface area contributed by atoms with Crippen molar-refractivity contribution in [2.24, 2.45) is 0 Å². The van der Waals surface area contributed by atoms with Gasteiger partial charge in [-0.25, -0.2) is 15.0 Å². The molecule has 0 fully saturated rings. The summed E-state index contributed by atoms with van der Waals surface area (Å²) in [5.41, 5.74) is 10.3. The van der Waals surface area contributed by atoms with Gasteiger partial charge in [0.05, 0.1) is 5.51 Å². The third kappa shape index (κ3) is 1.83. The predicted octanol–water partition coefficient (Wildman–Crippen LogP) is 2.05. The monoisotopic (exact) mass is 220 g/mol. The molecule has 2 aromatic heterocycles. The van der Waals surface area contributed by atoms with Gasteiger partial charge in [-0.1, -0.05) is 6.92 Å². The van der Waals surface area contributed by atoms with Crippen molar-refractivity contribution in [3.8, 4) is 11.5 Å². The van der Waals surface area contributed by atoms with Gasteiger partial charge in [-0.15, -0.1) is 11.3 Å². The van der Waals surface area contributed by atoms with Crippen LogP contribution in [-0.2, 0) is 6.42 Å². The summed E-state index contributed by atoms with van der Waals surface area (Å²) in [7, 11) is 0. The molecule has 4 nitrogen and oxygen atoms in total. The van der Waals surface area contributed by atoms with Gasteiger partial charge in [0.15, 0.2) is 5.82 Å². The summed E-state index contributed by atoms with van der Waals surface area (Å²) in [5, 5.41) is 1.92. The number of hydrogen-bond acceptors (Lipinski definition) is 5. The number of hydrogen-bond donors (Lipinski definition) is 1. The van der Waals surface area contributed by atoms with E-state index in [2.05, 4.69) is 21.9 Å². The van der Waals surface area contributed by atoms with Crippen LogP contribution in [0.3, 0.4) is 0 Å². The van der Waals surface area contributed by atoms with E-state index >= 15 is 0 Å². The first-order valence-electron chi connectivity index (χ1n) is 4.74. The predicted molar refractivity (Wildman–Crippen MR) is 61.7 cm³/mol. The van der Waals surface area contributed by atoms with Gasteiger partial charge in [0.2, 0.25) is 0 Å². The maximum absolute atomic E-state index is 5.83. The molecule has 0 saturated carbocycles. The fraction of sp³-hybridized carbons (Fsp3) is 0.300. The van der Waals surface area contributed by atoms with Crippen LogP contribution in [0.5, 0.6) is 0 Å². The van der Waals surface area contributed by atoms with Crippen LogP contribution >= 0.6 is 11.3 Å². The summed E-state index contributed by atoms with van der Waals surface area (Å²) in [6, 6.07) is 0. The van der Waals surface area contributed by atoms with E-state index in [1.165, 1.54) is 11.3 Å². The van der Waals surface area contributed by atoms with E-state index in [1.807, 2.05) is 12.3 Å². The van der Waals surface area contributed by atoms with Crippen LogP contribution in [0.1, 0.15) is 18.2 Å². The van der Waals surface area contributed by atoms with E-state index in [9.17, 15) is 0 Å². The van der Waals surface area contributed by atoms with Gasteiger partial charge in [0, 0.05) is 16.6 Å². The van der Waals surface area contributed by atoms with Gasteiger partial charge in [0.1, 0.15) is 11.5 Å². The topological polar surface area (TPSA) is 64.7 Å². The number of nitrogens with zero attached hydrogens (tertiary/aromatic N) is 3. The van der Waals surface area contributed by atoms with Crippen molar-refractivity contribution in [1.82, 2.24) is 15.0 Å². The molecule has 0 unspecified atom stereocenters. The van der Waals surface area contributed by atoms with E-state index in [1.54, 1.807) is 5.51 Å². The minimum atomic E-state index is 0.546. The van der Waals surface area contributed by atoms with Crippen molar-refractivity contribution in [1.29, 1.82) is 0 Å². The van der Waals surface area contributed by atoms with E-state index in [4.69, 9.17) is 5.73 Å². The van der Waals surface area contributed by atoms with Crippen molar-refractivity contribution < 1.29 is 0 Å². The largest absolute Gasteiger partial charge is 0.383 e. The highest BCUT2D eigenvalue weighted by atomic mass is 32.1. The van der Waals surface area contributed by atoms with Crippen LogP contribution in [0.15, 0.2) is 10.9 Å². The zero-order chi connectivity index (χ0) is 10.8. The quantitative estimate of drug-likeness (QED) is 0.841. The Kier molecular flexibility index (Phi) is 2.64. The summed E-state index contributed by atoms with van der Waals surface area (Å²) < 4.78 is 0. The average molecular weight is 220 g/mol. The second kappa shape index (κ2) is 3.94. The van der Waals surface area contributed by atoms with Crippen LogP contribution < -0.4 is 5.73 Å². The first-order valence-corrected chi connectivity index (χ1v) is 5.68. The van der Waals surface area contributed by atoms with Gasteiger partial charge in [-0.05, 0) is 13.3 Å². The second-order valence-electron chi connectivity index (χ2n) is 3.23. The number of anilines is 1. The molecule has 5 heteroatoms. The lowest BCUT2D eigenvalue weighted by atomic mass is 10.2. The maximum Gasteiger partial charge on any atom is 0.181 e. The summed E-state index contributed by atoms with van der Waals surface area (Å²) in [5.74, 6) is 1.17.